The highest BCUT2D eigenvalue weighted by atomic mass is 16.7. The molecule has 0 amide bonds. The molecule has 0 aromatic carbocycles. The van der Waals surface area contributed by atoms with Gasteiger partial charge < -0.3 is 5.11 Å². The van der Waals surface area contributed by atoms with Crippen LogP contribution in [0.5, 0.6) is 0 Å². The topological polar surface area (TPSA) is 81.9 Å². The van der Waals surface area contributed by atoms with Gasteiger partial charge in [0, 0.05) is 6.20 Å². The van der Waals surface area contributed by atoms with E-state index in [1.807, 2.05) is 0 Å². The predicted octanol–water partition coefficient (Wildman–Crippen LogP) is -0.933. The molecular formula is C5H10N4O3. The molecule has 7 heteroatoms. The van der Waals surface area contributed by atoms with Gasteiger partial charge in [-0.2, -0.15) is 0 Å². The number of nitrogens with one attached hydrogen (secondary N) is 1. The van der Waals surface area contributed by atoms with Crippen LogP contribution < -0.4 is 5.53 Å². The van der Waals surface area contributed by atoms with Crippen LogP contribution in [0.25, 0.3) is 0 Å². The van der Waals surface area contributed by atoms with Crippen molar-refractivity contribution in [1.82, 2.24) is 15.7 Å². The van der Waals surface area contributed by atoms with Crippen molar-refractivity contribution in [2.45, 2.75) is 13.0 Å². The number of nitro groups is 1. The fraction of sp³-hybridized carbons (Fsp3) is 0.600. The Kier molecular flexibility index (Phi) is 2.46. The lowest BCUT2D eigenvalue weighted by Gasteiger charge is -2.17. The summed E-state index contributed by atoms with van der Waals surface area (Å²) in [5.74, 6) is 0. The van der Waals surface area contributed by atoms with E-state index in [2.05, 4.69) is 5.53 Å². The Morgan fingerprint density at radius 3 is 2.83 bits per heavy atom. The molecular weight excluding hydrogens is 164 g/mol. The number of nitrogens with zero attached hydrogens (tertiary/aromatic N) is 3. The Morgan fingerprint density at radius 1 is 1.75 bits per heavy atom. The van der Waals surface area contributed by atoms with Crippen molar-refractivity contribution >= 4 is 0 Å². The van der Waals surface area contributed by atoms with E-state index in [1.54, 1.807) is 6.92 Å². The molecule has 1 unspecified atom stereocenters. The predicted molar refractivity (Wildman–Crippen MR) is 39.5 cm³/mol. The van der Waals surface area contributed by atoms with Crippen LogP contribution in [0.1, 0.15) is 6.92 Å². The molecule has 0 fully saturated rings. The van der Waals surface area contributed by atoms with Gasteiger partial charge in [0.15, 0.2) is 5.03 Å². The maximum atomic E-state index is 10.2. The van der Waals surface area contributed by atoms with Gasteiger partial charge >= 0.3 is 0 Å². The molecule has 0 saturated carbocycles. The molecule has 1 aliphatic rings. The Hall–Kier alpha value is -1.34. The van der Waals surface area contributed by atoms with E-state index in [4.69, 9.17) is 5.11 Å². The number of rotatable bonds is 3. The molecule has 68 valence electrons. The Balaban J connectivity index is 2.37. The van der Waals surface area contributed by atoms with Crippen LogP contribution >= 0.6 is 0 Å². The molecule has 0 bridgehead atoms. The largest absolute Gasteiger partial charge is 0.392 e. The lowest BCUT2D eigenvalue weighted by molar-refractivity contribution is -0.657. The van der Waals surface area contributed by atoms with Crippen molar-refractivity contribution in [3.63, 3.8) is 0 Å². The van der Waals surface area contributed by atoms with Crippen molar-refractivity contribution < 1.29 is 10.1 Å². The maximum Gasteiger partial charge on any atom is 0.182 e. The molecule has 0 spiro atoms. The summed E-state index contributed by atoms with van der Waals surface area (Å²) in [6.45, 7) is 1.91. The second-order valence-electron chi connectivity index (χ2n) is 2.48. The first-order valence-electron chi connectivity index (χ1n) is 3.42. The molecule has 1 heterocycles. The third kappa shape index (κ3) is 2.07. The highest BCUT2D eigenvalue weighted by Crippen LogP contribution is 2.00. The number of aliphatic hydroxyl groups is 1. The summed E-state index contributed by atoms with van der Waals surface area (Å²) in [6, 6.07) is 0. The van der Waals surface area contributed by atoms with Gasteiger partial charge in [-0.1, -0.05) is 5.53 Å². The summed E-state index contributed by atoms with van der Waals surface area (Å²) in [5, 5.41) is 20.6. The van der Waals surface area contributed by atoms with Crippen LogP contribution in [0, 0.1) is 10.1 Å². The first kappa shape index (κ1) is 8.75. The van der Waals surface area contributed by atoms with E-state index < -0.39 is 11.1 Å². The molecule has 2 N–H and O–H groups in total. The standard InChI is InChI=1S/C5H10N4O3/c1-5(10)4-7-2-3-8(6-7)9(11)12/h2-3,5-6,10H,4H2,1H3. The molecule has 0 saturated heterocycles. The zero-order valence-electron chi connectivity index (χ0n) is 6.54. The lowest BCUT2D eigenvalue weighted by Crippen LogP contribution is -2.44. The molecule has 1 rings (SSSR count). The fourth-order valence-corrected chi connectivity index (χ4v) is 0.819. The summed E-state index contributed by atoms with van der Waals surface area (Å²) >= 11 is 0. The second-order valence-corrected chi connectivity index (χ2v) is 2.48. The monoisotopic (exact) mass is 174 g/mol. The van der Waals surface area contributed by atoms with E-state index in [9.17, 15) is 10.1 Å². The number of β-amino-alcohol motifs (C(OH)–C–C–N with tert-alkyl or cyclic N) is 1. The van der Waals surface area contributed by atoms with Crippen molar-refractivity contribution in [3.05, 3.63) is 22.5 Å². The maximum absolute atomic E-state index is 10.2. The van der Waals surface area contributed by atoms with Crippen LogP contribution in [-0.4, -0.2) is 32.9 Å². The minimum absolute atomic E-state index is 0.306. The van der Waals surface area contributed by atoms with Gasteiger partial charge in [-0.25, -0.2) is 10.1 Å². The number of aliphatic hydroxyl groups excluding tert-OH is 1. The van der Waals surface area contributed by atoms with Gasteiger partial charge in [-0.3, -0.25) is 5.01 Å². The molecule has 7 nitrogen and oxygen atoms in total. The Morgan fingerprint density at radius 2 is 2.42 bits per heavy atom. The molecule has 0 radical (unpaired) electrons. The van der Waals surface area contributed by atoms with Crippen molar-refractivity contribution in [3.8, 4) is 0 Å². The molecule has 0 aromatic rings. The zero-order valence-corrected chi connectivity index (χ0v) is 6.54. The summed E-state index contributed by atoms with van der Waals surface area (Å²) < 4.78 is 0. The average molecular weight is 174 g/mol. The second kappa shape index (κ2) is 3.37. The van der Waals surface area contributed by atoms with Gasteiger partial charge in [-0.05, 0) is 12.0 Å². The van der Waals surface area contributed by atoms with Gasteiger partial charge in [0.1, 0.15) is 6.20 Å². The van der Waals surface area contributed by atoms with Crippen LogP contribution in [0.3, 0.4) is 0 Å². The summed E-state index contributed by atoms with van der Waals surface area (Å²) in [5.41, 5.74) is 2.42. The molecule has 0 aromatic heterocycles. The third-order valence-corrected chi connectivity index (χ3v) is 1.26. The van der Waals surface area contributed by atoms with Crippen LogP contribution in [-0.2, 0) is 0 Å². The van der Waals surface area contributed by atoms with Crippen molar-refractivity contribution in [1.29, 1.82) is 0 Å². The summed E-state index contributed by atoms with van der Waals surface area (Å²) in [6.07, 6.45) is 2.21. The van der Waals surface area contributed by atoms with Crippen LogP contribution in [0.15, 0.2) is 12.4 Å². The van der Waals surface area contributed by atoms with Gasteiger partial charge in [0.2, 0.25) is 0 Å². The SMILES string of the molecule is CC(O)CN1C=CN([N+](=O)[O-])N1. The third-order valence-electron chi connectivity index (χ3n) is 1.26. The molecule has 12 heavy (non-hydrogen) atoms. The first-order valence-corrected chi connectivity index (χ1v) is 3.42. The average Bonchev–Trinajstić information content (AvgIpc) is 2.34. The van der Waals surface area contributed by atoms with E-state index in [-0.39, 0.29) is 0 Å². The summed E-state index contributed by atoms with van der Waals surface area (Å²) in [4.78, 5) is 10.2. The number of hydrogen-bond acceptors (Lipinski definition) is 5. The molecule has 1 atom stereocenters. The fourth-order valence-electron chi connectivity index (χ4n) is 0.819. The van der Waals surface area contributed by atoms with E-state index in [0.717, 1.165) is 0 Å². The quantitative estimate of drug-likeness (QED) is 0.425. The zero-order chi connectivity index (χ0) is 9.14. The number of hydrogen-bond donors (Lipinski definition) is 2. The van der Waals surface area contributed by atoms with Crippen molar-refractivity contribution in [2.75, 3.05) is 6.54 Å². The lowest BCUT2D eigenvalue weighted by atomic mass is 10.4. The highest BCUT2D eigenvalue weighted by molar-refractivity contribution is 4.82. The minimum Gasteiger partial charge on any atom is -0.392 e. The van der Waals surface area contributed by atoms with Crippen LogP contribution in [0.4, 0.5) is 0 Å². The normalized spacial score (nSPS) is 18.5. The molecule has 1 aliphatic heterocycles. The minimum atomic E-state index is -0.599. The van der Waals surface area contributed by atoms with E-state index >= 15 is 0 Å². The smallest absolute Gasteiger partial charge is 0.182 e. The molecule has 0 aliphatic carbocycles. The van der Waals surface area contributed by atoms with Gasteiger partial charge in [0.05, 0.1) is 12.6 Å². The Bertz CT molecular complexity index is 205. The highest BCUT2D eigenvalue weighted by Gasteiger charge is 2.20. The van der Waals surface area contributed by atoms with Crippen molar-refractivity contribution in [2.24, 2.45) is 0 Å². The van der Waals surface area contributed by atoms with E-state index in [1.165, 1.54) is 17.4 Å². The van der Waals surface area contributed by atoms with E-state index in [0.29, 0.717) is 11.7 Å². The summed E-state index contributed by atoms with van der Waals surface area (Å²) in [7, 11) is 0. The first-order chi connectivity index (χ1) is 5.59. The van der Waals surface area contributed by atoms with Gasteiger partial charge in [0.25, 0.3) is 0 Å². The van der Waals surface area contributed by atoms with Gasteiger partial charge in [-0.15, -0.1) is 0 Å². The Labute approximate surface area is 68.9 Å². The number of hydrazine groups is 3. The van der Waals surface area contributed by atoms with Crippen LogP contribution in [0.2, 0.25) is 0 Å².